The monoisotopic (exact) mass is 318 g/mol. The first-order valence-electron chi connectivity index (χ1n) is 9.00. The van der Waals surface area contributed by atoms with E-state index in [0.29, 0.717) is 17.6 Å². The van der Waals surface area contributed by atoms with E-state index in [-0.39, 0.29) is 22.7 Å². The van der Waals surface area contributed by atoms with Gasteiger partial charge in [0.25, 0.3) is 0 Å². The maximum absolute atomic E-state index is 13.4. The summed E-state index contributed by atoms with van der Waals surface area (Å²) in [6.45, 7) is 9.00. The summed E-state index contributed by atoms with van der Waals surface area (Å²) in [5.74, 6) is 1.56. The summed E-state index contributed by atoms with van der Waals surface area (Å²) >= 11 is 0. The van der Waals surface area contributed by atoms with Crippen LogP contribution in [0.25, 0.3) is 0 Å². The Labute approximate surface area is 145 Å². The lowest BCUT2D eigenvalue weighted by molar-refractivity contribution is -0.122. The molecule has 0 bridgehead atoms. The maximum Gasteiger partial charge on any atom is 0.141 e. The molecule has 0 radical (unpaired) electrons. The van der Waals surface area contributed by atoms with Gasteiger partial charge >= 0.3 is 0 Å². The van der Waals surface area contributed by atoms with E-state index in [9.17, 15) is 4.79 Å². The van der Waals surface area contributed by atoms with Gasteiger partial charge in [-0.15, -0.1) is 0 Å². The van der Waals surface area contributed by atoms with Gasteiger partial charge in [0.2, 0.25) is 0 Å². The second kappa shape index (κ2) is 5.05. The molecule has 4 rings (SSSR count). The Morgan fingerprint density at radius 1 is 0.667 bits per heavy atom. The Balaban J connectivity index is 1.59. The molecule has 1 nitrogen and oxygen atoms in total. The molecule has 0 aromatic heterocycles. The van der Waals surface area contributed by atoms with Gasteiger partial charge in [-0.05, 0) is 33.8 Å². The van der Waals surface area contributed by atoms with Gasteiger partial charge in [-0.2, -0.15) is 0 Å². The van der Waals surface area contributed by atoms with Crippen LogP contribution in [0.2, 0.25) is 0 Å². The van der Waals surface area contributed by atoms with E-state index < -0.39 is 0 Å². The number of Topliss-reactive ketones (excluding diaryl/α,β-unsaturated/α-hetero) is 1. The maximum atomic E-state index is 13.4. The van der Waals surface area contributed by atoms with Crippen molar-refractivity contribution in [3.05, 3.63) is 71.8 Å². The van der Waals surface area contributed by atoms with Crippen LogP contribution >= 0.6 is 0 Å². The van der Waals surface area contributed by atoms with E-state index in [0.717, 1.165) is 0 Å². The second-order valence-corrected chi connectivity index (χ2v) is 8.78. The molecule has 24 heavy (non-hydrogen) atoms. The topological polar surface area (TPSA) is 17.1 Å². The van der Waals surface area contributed by atoms with E-state index in [1.807, 2.05) is 12.1 Å². The van der Waals surface area contributed by atoms with Crippen LogP contribution in [0.1, 0.15) is 50.7 Å². The van der Waals surface area contributed by atoms with Crippen molar-refractivity contribution in [1.82, 2.24) is 0 Å². The minimum atomic E-state index is 0.0817. The van der Waals surface area contributed by atoms with Crippen molar-refractivity contribution in [3.8, 4) is 0 Å². The minimum Gasteiger partial charge on any atom is -0.299 e. The van der Waals surface area contributed by atoms with E-state index in [1.54, 1.807) is 0 Å². The molecule has 0 aliphatic heterocycles. The number of hydrogen-bond acceptors (Lipinski definition) is 1. The Hall–Kier alpha value is -1.89. The predicted octanol–water partition coefficient (Wildman–Crippen LogP) is 5.44. The van der Waals surface area contributed by atoms with Crippen LogP contribution < -0.4 is 0 Å². The highest BCUT2D eigenvalue weighted by Crippen LogP contribution is 2.72. The van der Waals surface area contributed by atoms with E-state index in [2.05, 4.69) is 76.2 Å². The molecule has 2 aromatic rings. The van der Waals surface area contributed by atoms with Crippen molar-refractivity contribution < 1.29 is 4.79 Å². The molecule has 0 heterocycles. The number of benzene rings is 2. The molecule has 0 amide bonds. The van der Waals surface area contributed by atoms with Gasteiger partial charge in [-0.1, -0.05) is 88.4 Å². The zero-order valence-electron chi connectivity index (χ0n) is 15.0. The van der Waals surface area contributed by atoms with Crippen molar-refractivity contribution in [2.45, 2.75) is 39.5 Å². The quantitative estimate of drug-likeness (QED) is 0.734. The molecular formula is C23H26O. The van der Waals surface area contributed by atoms with Crippen LogP contribution in [0, 0.1) is 22.7 Å². The zero-order valence-corrected chi connectivity index (χ0v) is 15.0. The largest absolute Gasteiger partial charge is 0.299 e. The van der Waals surface area contributed by atoms with Crippen LogP contribution in [0.4, 0.5) is 0 Å². The van der Waals surface area contributed by atoms with Crippen LogP contribution in [-0.4, -0.2) is 5.78 Å². The first-order chi connectivity index (χ1) is 11.4. The lowest BCUT2D eigenvalue weighted by Gasteiger charge is -2.03. The van der Waals surface area contributed by atoms with Gasteiger partial charge in [0.1, 0.15) is 5.78 Å². The van der Waals surface area contributed by atoms with Crippen molar-refractivity contribution in [2.24, 2.45) is 22.7 Å². The average Bonchev–Trinajstić information content (AvgIpc) is 3.36. The van der Waals surface area contributed by atoms with Gasteiger partial charge in [0.05, 0.1) is 0 Å². The Bertz CT molecular complexity index is 692. The fourth-order valence-corrected chi connectivity index (χ4v) is 5.10. The van der Waals surface area contributed by atoms with Crippen LogP contribution in [0.3, 0.4) is 0 Å². The molecule has 2 saturated carbocycles. The fourth-order valence-electron chi connectivity index (χ4n) is 5.10. The Kier molecular flexibility index (Phi) is 3.29. The van der Waals surface area contributed by atoms with Crippen molar-refractivity contribution >= 4 is 5.78 Å². The summed E-state index contributed by atoms with van der Waals surface area (Å²) in [6, 6.07) is 21.1. The third-order valence-electron chi connectivity index (χ3n) is 6.59. The molecule has 1 unspecified atom stereocenters. The van der Waals surface area contributed by atoms with Crippen LogP contribution in [0.15, 0.2) is 60.7 Å². The predicted molar refractivity (Wildman–Crippen MR) is 97.9 cm³/mol. The summed E-state index contributed by atoms with van der Waals surface area (Å²) in [5.41, 5.74) is 2.79. The highest BCUT2D eigenvalue weighted by Gasteiger charge is 2.70. The summed E-state index contributed by atoms with van der Waals surface area (Å²) in [5, 5.41) is 0. The molecule has 2 fully saturated rings. The van der Waals surface area contributed by atoms with Gasteiger partial charge < -0.3 is 0 Å². The number of carbonyl (C=O) groups is 1. The summed E-state index contributed by atoms with van der Waals surface area (Å²) < 4.78 is 0. The summed E-state index contributed by atoms with van der Waals surface area (Å²) in [4.78, 5) is 13.4. The Morgan fingerprint density at radius 2 is 1.00 bits per heavy atom. The van der Waals surface area contributed by atoms with Gasteiger partial charge in [-0.25, -0.2) is 0 Å². The number of hydrogen-bond donors (Lipinski definition) is 0. The molecule has 2 aromatic carbocycles. The van der Waals surface area contributed by atoms with Crippen LogP contribution in [0.5, 0.6) is 0 Å². The minimum absolute atomic E-state index is 0.0817. The SMILES string of the molecule is CC1(C)C(C(=O)[C@@H]2[C@@H](c3ccccc3)C2(C)C)[C@H]1c1ccccc1. The van der Waals surface area contributed by atoms with E-state index in [4.69, 9.17) is 0 Å². The molecule has 2 aliphatic carbocycles. The first-order valence-corrected chi connectivity index (χ1v) is 9.00. The first kappa shape index (κ1) is 15.6. The fraction of sp³-hybridized carbons (Fsp3) is 0.435. The molecule has 0 N–H and O–H groups in total. The second-order valence-electron chi connectivity index (χ2n) is 8.78. The van der Waals surface area contributed by atoms with Crippen molar-refractivity contribution in [2.75, 3.05) is 0 Å². The molecular weight excluding hydrogens is 292 g/mol. The van der Waals surface area contributed by atoms with Crippen molar-refractivity contribution in [1.29, 1.82) is 0 Å². The molecule has 2 aliphatic rings. The molecule has 4 atom stereocenters. The lowest BCUT2D eigenvalue weighted by Crippen LogP contribution is -2.12. The molecule has 1 heteroatoms. The number of carbonyl (C=O) groups excluding carboxylic acids is 1. The zero-order chi connectivity index (χ0) is 17.1. The van der Waals surface area contributed by atoms with Gasteiger partial charge in [-0.3, -0.25) is 4.79 Å². The number of rotatable bonds is 4. The van der Waals surface area contributed by atoms with E-state index in [1.165, 1.54) is 11.1 Å². The van der Waals surface area contributed by atoms with Crippen LogP contribution in [-0.2, 0) is 4.79 Å². The Morgan fingerprint density at radius 3 is 1.33 bits per heavy atom. The third kappa shape index (κ3) is 2.17. The van der Waals surface area contributed by atoms with E-state index >= 15 is 0 Å². The average molecular weight is 318 g/mol. The normalized spacial score (nSPS) is 32.2. The summed E-state index contributed by atoms with van der Waals surface area (Å²) in [7, 11) is 0. The third-order valence-corrected chi connectivity index (χ3v) is 6.59. The lowest BCUT2D eigenvalue weighted by atomic mass is 10.00. The molecule has 0 spiro atoms. The number of ketones is 1. The molecule has 0 saturated heterocycles. The highest BCUT2D eigenvalue weighted by atomic mass is 16.1. The van der Waals surface area contributed by atoms with Gasteiger partial charge in [0.15, 0.2) is 0 Å². The molecule has 124 valence electrons. The van der Waals surface area contributed by atoms with Gasteiger partial charge in [0, 0.05) is 11.8 Å². The highest BCUT2D eigenvalue weighted by molar-refractivity contribution is 5.93. The smallest absolute Gasteiger partial charge is 0.141 e. The summed E-state index contributed by atoms with van der Waals surface area (Å²) in [6.07, 6.45) is 0. The standard InChI is InChI=1S/C23H26O/c1-22(2)17(15-11-7-5-8-12-15)19(22)21(24)20-18(23(20,3)4)16-13-9-6-10-14-16/h5-14,17-20H,1-4H3/t17-,18-,19+,20?/m1/s1. The van der Waals surface area contributed by atoms with Crippen molar-refractivity contribution in [3.63, 3.8) is 0 Å².